The largest absolute Gasteiger partial charge is 0.508 e. The quantitative estimate of drug-likeness (QED) is 0.376. The lowest BCUT2D eigenvalue weighted by molar-refractivity contribution is -0.153. The third-order valence-electron chi connectivity index (χ3n) is 7.44. The number of rotatable bonds is 3. The number of primary amides is 1. The number of carbonyl (C=O) groups excluding carboxylic acids is 3. The molecule has 1 amide bonds. The molecule has 36 heavy (non-hydrogen) atoms. The van der Waals surface area contributed by atoms with Crippen LogP contribution in [0.4, 0.5) is 0 Å². The number of fused-ring (bicyclic) bond motifs is 3. The maximum absolute atomic E-state index is 13.8. The monoisotopic (exact) mass is 492 g/mol. The average molecular weight is 492 g/mol. The highest BCUT2D eigenvalue weighted by atomic mass is 16.3. The van der Waals surface area contributed by atoms with Crippen molar-refractivity contribution in [2.75, 3.05) is 14.1 Å². The Morgan fingerprint density at radius 2 is 1.89 bits per heavy atom. The van der Waals surface area contributed by atoms with E-state index in [9.17, 15) is 34.8 Å². The second kappa shape index (κ2) is 7.97. The van der Waals surface area contributed by atoms with Gasteiger partial charge in [-0.1, -0.05) is 0 Å². The van der Waals surface area contributed by atoms with E-state index in [0.717, 1.165) is 0 Å². The summed E-state index contributed by atoms with van der Waals surface area (Å²) >= 11 is 0. The topological polar surface area (TPSA) is 187 Å². The molecule has 11 nitrogen and oxygen atoms in total. The van der Waals surface area contributed by atoms with Gasteiger partial charge >= 0.3 is 0 Å². The van der Waals surface area contributed by atoms with Crippen LogP contribution in [-0.4, -0.2) is 78.5 Å². The maximum atomic E-state index is 13.8. The number of hydrogen-bond donors (Lipinski definition) is 5. The van der Waals surface area contributed by atoms with Crippen LogP contribution < -0.4 is 5.73 Å². The average Bonchev–Trinajstić information content (AvgIpc) is 2.81. The van der Waals surface area contributed by atoms with Crippen LogP contribution in [-0.2, 0) is 20.8 Å². The molecule has 0 unspecified atom stereocenters. The number of Topliss-reactive ketones (excluding diaryl/α,β-unsaturated/α-hetero) is 2. The van der Waals surface area contributed by atoms with Crippen LogP contribution in [0.15, 0.2) is 47.6 Å². The van der Waals surface area contributed by atoms with Gasteiger partial charge in [0.2, 0.25) is 5.78 Å². The van der Waals surface area contributed by atoms with E-state index in [1.807, 2.05) is 0 Å². The summed E-state index contributed by atoms with van der Waals surface area (Å²) in [6.45, 7) is 0. The molecule has 0 saturated heterocycles. The van der Waals surface area contributed by atoms with Gasteiger partial charge in [-0.3, -0.25) is 29.3 Å². The van der Waals surface area contributed by atoms with E-state index in [4.69, 9.17) is 5.73 Å². The van der Waals surface area contributed by atoms with Crippen LogP contribution in [0.1, 0.15) is 17.5 Å². The molecule has 1 aromatic carbocycles. The van der Waals surface area contributed by atoms with Crippen molar-refractivity contribution in [2.24, 2.45) is 17.6 Å². The molecule has 11 heteroatoms. The summed E-state index contributed by atoms with van der Waals surface area (Å²) in [5, 5.41) is 44.3. The van der Waals surface area contributed by atoms with Gasteiger partial charge < -0.3 is 26.2 Å². The predicted molar refractivity (Wildman–Crippen MR) is 125 cm³/mol. The molecule has 3 aliphatic carbocycles. The third-order valence-corrected chi connectivity index (χ3v) is 7.44. The van der Waals surface area contributed by atoms with Crippen LogP contribution in [0.3, 0.4) is 0 Å². The van der Waals surface area contributed by atoms with Gasteiger partial charge in [0.1, 0.15) is 22.8 Å². The second-order valence-electron chi connectivity index (χ2n) is 9.54. The number of likely N-dealkylation sites (N-methyl/N-ethyl adjacent to an activating group) is 1. The predicted octanol–water partition coefficient (Wildman–Crippen LogP) is 0.421. The number of aromatic hydroxyl groups is 1. The van der Waals surface area contributed by atoms with E-state index in [-0.39, 0.29) is 29.7 Å². The van der Waals surface area contributed by atoms with Gasteiger partial charge in [0.25, 0.3) is 5.91 Å². The van der Waals surface area contributed by atoms with Crippen LogP contribution >= 0.6 is 0 Å². The van der Waals surface area contributed by atoms with Gasteiger partial charge in [-0.05, 0) is 50.6 Å². The Labute approximate surface area is 205 Å². The van der Waals surface area contributed by atoms with E-state index in [2.05, 4.69) is 9.97 Å². The zero-order valence-electron chi connectivity index (χ0n) is 19.5. The van der Waals surface area contributed by atoms with Gasteiger partial charge in [-0.15, -0.1) is 0 Å². The number of nitrogens with zero attached hydrogens (tertiary/aromatic N) is 3. The van der Waals surface area contributed by atoms with Crippen molar-refractivity contribution in [2.45, 2.75) is 24.5 Å². The highest BCUT2D eigenvalue weighted by Crippen LogP contribution is 2.53. The molecule has 186 valence electrons. The molecule has 1 saturated carbocycles. The summed E-state index contributed by atoms with van der Waals surface area (Å²) in [6.07, 6.45) is 4.73. The summed E-state index contributed by atoms with van der Waals surface area (Å²) in [7, 11) is 3.11. The molecule has 1 aromatic heterocycles. The van der Waals surface area contributed by atoms with Crippen LogP contribution in [0.25, 0.3) is 17.0 Å². The lowest BCUT2D eigenvalue weighted by Gasteiger charge is -2.50. The Hall–Kier alpha value is -4.09. The van der Waals surface area contributed by atoms with Crippen molar-refractivity contribution in [3.63, 3.8) is 0 Å². The molecule has 6 N–H and O–H groups in total. The number of aliphatic hydroxyl groups excluding tert-OH is 2. The van der Waals surface area contributed by atoms with Gasteiger partial charge in [0, 0.05) is 29.4 Å². The van der Waals surface area contributed by atoms with Crippen LogP contribution in [0.2, 0.25) is 0 Å². The van der Waals surface area contributed by atoms with Crippen molar-refractivity contribution in [3.05, 3.63) is 58.8 Å². The fourth-order valence-electron chi connectivity index (χ4n) is 5.92. The Kier molecular flexibility index (Phi) is 5.23. The number of aliphatic hydroxyl groups is 3. The minimum Gasteiger partial charge on any atom is -0.508 e. The molecule has 0 radical (unpaired) electrons. The maximum Gasteiger partial charge on any atom is 0.255 e. The molecule has 0 aliphatic heterocycles. The lowest BCUT2D eigenvalue weighted by atomic mass is 9.57. The summed E-state index contributed by atoms with van der Waals surface area (Å²) in [4.78, 5) is 48.8. The first kappa shape index (κ1) is 23.6. The van der Waals surface area contributed by atoms with Gasteiger partial charge in [0.15, 0.2) is 11.4 Å². The molecule has 5 rings (SSSR count). The van der Waals surface area contributed by atoms with Gasteiger partial charge in [-0.25, -0.2) is 0 Å². The number of ketones is 2. The van der Waals surface area contributed by atoms with E-state index < -0.39 is 58.0 Å². The van der Waals surface area contributed by atoms with E-state index in [0.29, 0.717) is 16.8 Å². The summed E-state index contributed by atoms with van der Waals surface area (Å²) in [6, 6.07) is 1.86. The molecular weight excluding hydrogens is 468 g/mol. The molecule has 1 heterocycles. The van der Waals surface area contributed by atoms with E-state index in [1.54, 1.807) is 20.2 Å². The first-order valence-corrected chi connectivity index (χ1v) is 11.3. The van der Waals surface area contributed by atoms with Gasteiger partial charge in [0.05, 0.1) is 23.5 Å². The number of amides is 1. The number of phenols is 1. The Morgan fingerprint density at radius 3 is 2.50 bits per heavy atom. The number of nitrogens with two attached hydrogens (primary N) is 1. The number of hydrogen-bond acceptors (Lipinski definition) is 10. The third kappa shape index (κ3) is 3.02. The van der Waals surface area contributed by atoms with E-state index in [1.165, 1.54) is 29.6 Å². The van der Waals surface area contributed by atoms with Crippen molar-refractivity contribution in [1.82, 2.24) is 14.9 Å². The molecule has 0 bridgehead atoms. The van der Waals surface area contributed by atoms with Crippen LogP contribution in [0, 0.1) is 11.8 Å². The standard InChI is InChI=1S/C25H24N4O7/c1-29(2)19-13-8-10-7-12-11(14-9-27-5-6-28-14)3-4-15(30)17(12)20(31)16(10)22(33)25(13,36)23(34)18(21(19)32)24(26)35/h3-6,9-10,13,19,30-31,34,36H,7-8H2,1-2H3,(H2,26,35)/t10-,13-,19-,25-/m0/s1. The molecular formula is C25H24N4O7. The summed E-state index contributed by atoms with van der Waals surface area (Å²) in [5.74, 6) is -6.86. The first-order chi connectivity index (χ1) is 17.0. The van der Waals surface area contributed by atoms with Crippen molar-refractivity contribution >= 4 is 23.2 Å². The fourth-order valence-corrected chi connectivity index (χ4v) is 5.92. The molecule has 0 spiro atoms. The minimum atomic E-state index is -2.66. The minimum absolute atomic E-state index is 0.00874. The molecule has 2 aromatic rings. The normalized spacial score (nSPS) is 27.6. The highest BCUT2D eigenvalue weighted by molar-refractivity contribution is 6.24. The van der Waals surface area contributed by atoms with Crippen molar-refractivity contribution in [3.8, 4) is 17.0 Å². The molecule has 4 atom stereocenters. The van der Waals surface area contributed by atoms with Crippen molar-refractivity contribution < 1.29 is 34.8 Å². The Morgan fingerprint density at radius 1 is 1.17 bits per heavy atom. The molecule has 1 fully saturated rings. The second-order valence-corrected chi connectivity index (χ2v) is 9.54. The Bertz CT molecular complexity index is 1400. The lowest BCUT2D eigenvalue weighted by Crippen LogP contribution is -2.65. The smallest absolute Gasteiger partial charge is 0.255 e. The number of aromatic nitrogens is 2. The zero-order chi connectivity index (χ0) is 26.1. The summed E-state index contributed by atoms with van der Waals surface area (Å²) < 4.78 is 0. The van der Waals surface area contributed by atoms with E-state index >= 15 is 0 Å². The number of phenolic OH excluding ortho intramolecular Hbond substituents is 1. The first-order valence-electron chi connectivity index (χ1n) is 11.3. The molecule has 3 aliphatic rings. The number of carbonyl (C=O) groups is 3. The van der Waals surface area contributed by atoms with Gasteiger partial charge in [-0.2, -0.15) is 0 Å². The van der Waals surface area contributed by atoms with Crippen LogP contribution in [0.5, 0.6) is 5.75 Å². The van der Waals surface area contributed by atoms with Crippen molar-refractivity contribution in [1.29, 1.82) is 0 Å². The SMILES string of the molecule is CN(C)[C@@H]1C(=O)C(C(N)=O)=C(O)[C@@]2(O)C(=O)C3=C(O)c4c(O)ccc(-c5cnccn5)c4C[C@H]3C[C@@H]12. The fraction of sp³-hybridized carbons (Fsp3) is 0.320. The Balaban J connectivity index is 1.75. The highest BCUT2D eigenvalue weighted by Gasteiger charge is 2.64. The summed E-state index contributed by atoms with van der Waals surface area (Å²) in [5.41, 5.74) is 3.25. The zero-order valence-corrected chi connectivity index (χ0v) is 19.5. The number of benzene rings is 1.